The van der Waals surface area contributed by atoms with E-state index < -0.39 is 49.6 Å². The van der Waals surface area contributed by atoms with E-state index in [2.05, 4.69) is 20.1 Å². The zero-order valence-corrected chi connectivity index (χ0v) is 29.3. The van der Waals surface area contributed by atoms with Crippen LogP contribution in [0, 0.1) is 5.92 Å². The maximum Gasteiger partial charge on any atom is 0.187 e. The lowest BCUT2D eigenvalue weighted by Crippen LogP contribution is -2.62. The van der Waals surface area contributed by atoms with E-state index in [-0.39, 0.29) is 45.9 Å². The topological polar surface area (TPSA) is 124 Å². The van der Waals surface area contributed by atoms with Crippen LogP contribution in [-0.4, -0.2) is 100 Å². The lowest BCUT2D eigenvalue weighted by Gasteiger charge is -2.48. The van der Waals surface area contributed by atoms with Crippen LogP contribution >= 0.6 is 0 Å². The molecule has 4 fully saturated rings. The Labute approximate surface area is 307 Å². The van der Waals surface area contributed by atoms with Crippen molar-refractivity contribution >= 4 is 8.41 Å². The summed E-state index contributed by atoms with van der Waals surface area (Å²) in [4.78, 5) is 0. The van der Waals surface area contributed by atoms with Gasteiger partial charge in [0.2, 0.25) is 0 Å². The van der Waals surface area contributed by atoms with Crippen LogP contribution in [-0.2, 0) is 49.2 Å². The van der Waals surface area contributed by atoms with Crippen molar-refractivity contribution in [1.82, 2.24) is 0 Å². The molecule has 2 unspecified atom stereocenters. The molecule has 0 spiro atoms. The molecule has 7 rings (SSSR count). The molecule has 12 atom stereocenters. The maximum atomic E-state index is 10.3. The summed E-state index contributed by atoms with van der Waals surface area (Å²) in [5.41, 5.74) is 2.97. The molecular formula is C40H48BO11. The van der Waals surface area contributed by atoms with Gasteiger partial charge in [-0.3, -0.25) is 0 Å². The Morgan fingerprint density at radius 2 is 1.12 bits per heavy atom. The van der Waals surface area contributed by atoms with Crippen LogP contribution in [0.1, 0.15) is 36.2 Å². The van der Waals surface area contributed by atoms with Gasteiger partial charge in [-0.1, -0.05) is 110 Å². The van der Waals surface area contributed by atoms with Gasteiger partial charge in [-0.2, -0.15) is 0 Å². The van der Waals surface area contributed by atoms with Crippen LogP contribution in [0.25, 0.3) is 0 Å². The van der Waals surface area contributed by atoms with Gasteiger partial charge in [0, 0.05) is 25.5 Å². The second kappa shape index (κ2) is 19.7. The average Bonchev–Trinajstić information content (AvgIpc) is 3.18. The Balaban J connectivity index is 0.000000205. The molecule has 4 saturated heterocycles. The molecule has 3 radical (unpaired) electrons. The first kappa shape index (κ1) is 40.0. The van der Waals surface area contributed by atoms with Gasteiger partial charge in [-0.15, -0.1) is 13.2 Å². The second-order valence-electron chi connectivity index (χ2n) is 12.8. The highest BCUT2D eigenvalue weighted by molar-refractivity contribution is 5.75. The van der Waals surface area contributed by atoms with Gasteiger partial charge in [0.15, 0.2) is 25.2 Å². The second-order valence-corrected chi connectivity index (χ2v) is 12.8. The van der Waals surface area contributed by atoms with Crippen molar-refractivity contribution in [2.24, 2.45) is 5.92 Å². The Hall–Kier alpha value is -3.24. The number of aliphatic hydroxyl groups is 2. The number of aliphatic hydroxyl groups excluding tert-OH is 2. The monoisotopic (exact) mass is 715 g/mol. The minimum Gasteiger partial charge on any atom is -0.387 e. The molecule has 3 aromatic rings. The molecule has 3 aromatic carbocycles. The third-order valence-electron chi connectivity index (χ3n) is 9.19. The Kier molecular flexibility index (Phi) is 15.2. The summed E-state index contributed by atoms with van der Waals surface area (Å²) in [5, 5.41) is 20.4. The molecular weight excluding hydrogens is 667 g/mol. The van der Waals surface area contributed by atoms with Crippen molar-refractivity contribution in [1.29, 1.82) is 0 Å². The number of benzene rings is 3. The summed E-state index contributed by atoms with van der Waals surface area (Å²) >= 11 is 0. The van der Waals surface area contributed by atoms with E-state index in [9.17, 15) is 10.2 Å². The molecule has 0 aliphatic carbocycles. The molecule has 0 amide bonds. The third-order valence-corrected chi connectivity index (χ3v) is 9.19. The van der Waals surface area contributed by atoms with Crippen molar-refractivity contribution in [3.05, 3.63) is 133 Å². The molecule has 12 heteroatoms. The predicted molar refractivity (Wildman–Crippen MR) is 192 cm³/mol. The normalized spacial score (nSPS) is 33.9. The number of hydrogen-bond donors (Lipinski definition) is 2. The quantitative estimate of drug-likeness (QED) is 0.214. The SMILES string of the molecule is C=CCO[C@H]1O[C@@H]2COC(c3ccccc3)O[C@H]2[C@H](C)[C@H]1OCc1ccccc1.C=CCO[C@H]1O[C@@H]2COC(c3ccccc3)O[C@H]2[C@H](O)[C@H]1O.[B]. The van der Waals surface area contributed by atoms with E-state index in [0.29, 0.717) is 19.8 Å². The summed E-state index contributed by atoms with van der Waals surface area (Å²) in [6.45, 7) is 11.2. The van der Waals surface area contributed by atoms with Gasteiger partial charge in [0.25, 0.3) is 0 Å². The molecule has 2 N–H and O–H groups in total. The number of hydrogen-bond acceptors (Lipinski definition) is 11. The van der Waals surface area contributed by atoms with E-state index in [0.717, 1.165) is 16.7 Å². The van der Waals surface area contributed by atoms with Gasteiger partial charge in [-0.05, 0) is 5.56 Å². The lowest BCUT2D eigenvalue weighted by molar-refractivity contribution is -0.360. The van der Waals surface area contributed by atoms with Crippen molar-refractivity contribution in [3.8, 4) is 0 Å². The fraction of sp³-hybridized carbons (Fsp3) is 0.450. The molecule has 11 nitrogen and oxygen atoms in total. The molecule has 0 bridgehead atoms. The molecule has 4 aliphatic rings. The van der Waals surface area contributed by atoms with Crippen LogP contribution in [0.5, 0.6) is 0 Å². The fourth-order valence-electron chi connectivity index (χ4n) is 6.55. The standard InChI is InChI=1S/C24H28O5.C16H20O6.B/c1-3-14-25-24-22(26-15-18-10-6-4-7-11-18)17(2)21-20(28-24)16-27-23(29-21)19-12-8-5-9-13-19;1-2-8-19-16-13(18)12(17)14-11(21-16)9-20-15(22-14)10-6-4-3-5-7-10;/h3-13,17,20-24H,1,14-16H2,2H3;2-7,11-18H,1,8-9H2;/t17-,20+,21-,22+,23?,24-;11-,12-,13-,14-,15?,16+;/m01./s1. The van der Waals surface area contributed by atoms with Crippen molar-refractivity contribution in [3.63, 3.8) is 0 Å². The minimum atomic E-state index is -1.18. The van der Waals surface area contributed by atoms with Crippen LogP contribution in [0.4, 0.5) is 0 Å². The van der Waals surface area contributed by atoms with Gasteiger partial charge < -0.3 is 52.8 Å². The van der Waals surface area contributed by atoms with Crippen LogP contribution in [0.15, 0.2) is 116 Å². The highest BCUT2D eigenvalue weighted by atomic mass is 16.8. The molecule has 4 aliphatic heterocycles. The minimum absolute atomic E-state index is 0. The third kappa shape index (κ3) is 9.84. The molecule has 0 aromatic heterocycles. The van der Waals surface area contributed by atoms with E-state index in [1.807, 2.05) is 91.0 Å². The number of ether oxygens (including phenoxy) is 9. The largest absolute Gasteiger partial charge is 0.387 e. The lowest BCUT2D eigenvalue weighted by atomic mass is 9.89. The van der Waals surface area contributed by atoms with Crippen molar-refractivity contribution in [2.75, 3.05) is 26.4 Å². The van der Waals surface area contributed by atoms with Crippen molar-refractivity contribution < 1.29 is 52.8 Å². The van der Waals surface area contributed by atoms with Gasteiger partial charge in [-0.25, -0.2) is 0 Å². The summed E-state index contributed by atoms with van der Waals surface area (Å²) in [7, 11) is 0. The molecule has 52 heavy (non-hydrogen) atoms. The van der Waals surface area contributed by atoms with Crippen LogP contribution in [0.3, 0.4) is 0 Å². The first-order valence-electron chi connectivity index (χ1n) is 17.4. The van der Waals surface area contributed by atoms with Crippen LogP contribution in [0.2, 0.25) is 0 Å². The first-order valence-corrected chi connectivity index (χ1v) is 17.4. The maximum absolute atomic E-state index is 10.3. The zero-order chi connectivity index (χ0) is 35.6. The zero-order valence-electron chi connectivity index (χ0n) is 29.3. The van der Waals surface area contributed by atoms with E-state index in [1.165, 1.54) is 0 Å². The highest BCUT2D eigenvalue weighted by Gasteiger charge is 2.50. The Morgan fingerprint density at radius 1 is 0.635 bits per heavy atom. The molecule has 0 saturated carbocycles. The van der Waals surface area contributed by atoms with E-state index >= 15 is 0 Å². The van der Waals surface area contributed by atoms with E-state index in [1.54, 1.807) is 12.2 Å². The first-order chi connectivity index (χ1) is 25.0. The highest BCUT2D eigenvalue weighted by Crippen LogP contribution is 2.39. The molecule has 4 heterocycles. The number of fused-ring (bicyclic) bond motifs is 2. The smallest absolute Gasteiger partial charge is 0.187 e. The van der Waals surface area contributed by atoms with Crippen LogP contribution < -0.4 is 0 Å². The van der Waals surface area contributed by atoms with Crippen molar-refractivity contribution in [2.45, 2.75) is 81.4 Å². The number of rotatable bonds is 11. The molecule has 277 valence electrons. The Bertz CT molecular complexity index is 1480. The summed E-state index contributed by atoms with van der Waals surface area (Å²) in [6.07, 6.45) is -3.18. The Morgan fingerprint density at radius 3 is 1.67 bits per heavy atom. The van der Waals surface area contributed by atoms with Gasteiger partial charge >= 0.3 is 0 Å². The van der Waals surface area contributed by atoms with E-state index in [4.69, 9.17) is 42.6 Å². The summed E-state index contributed by atoms with van der Waals surface area (Å²) in [6, 6.07) is 29.5. The van der Waals surface area contributed by atoms with Gasteiger partial charge in [0.05, 0.1) is 39.1 Å². The fourth-order valence-corrected chi connectivity index (χ4v) is 6.55. The van der Waals surface area contributed by atoms with Gasteiger partial charge in [0.1, 0.15) is 36.6 Å². The summed E-state index contributed by atoms with van der Waals surface area (Å²) in [5.74, 6) is 0.0717. The predicted octanol–water partition coefficient (Wildman–Crippen LogP) is 4.62. The summed E-state index contributed by atoms with van der Waals surface area (Å²) < 4.78 is 53.0. The average molecular weight is 716 g/mol.